The molecule has 2 amide bonds. The van der Waals surface area contributed by atoms with Crippen LogP contribution in [0.2, 0.25) is 5.02 Å². The zero-order valence-electron chi connectivity index (χ0n) is 23.2. The third kappa shape index (κ3) is 7.66. The van der Waals surface area contributed by atoms with Crippen molar-refractivity contribution in [1.82, 2.24) is 10.2 Å². The molecule has 1 atom stereocenters. The maximum absolute atomic E-state index is 13.5. The number of hydrogen-bond acceptors (Lipinski definition) is 5. The summed E-state index contributed by atoms with van der Waals surface area (Å²) in [6.07, 6.45) is 3.36. The number of halogens is 1. The number of unbranched alkanes of at least 4 members (excludes halogenated alkanes) is 1. The Balaban J connectivity index is 1.87. The monoisotopic (exact) mass is 558 g/mol. The molecule has 212 valence electrons. The van der Waals surface area contributed by atoms with E-state index in [1.54, 1.807) is 11.0 Å². The minimum atomic E-state index is -0.837. The number of carboxylic acid groups (broad SMARTS) is 1. The summed E-state index contributed by atoms with van der Waals surface area (Å²) in [4.78, 5) is 39.0. The van der Waals surface area contributed by atoms with Crippen molar-refractivity contribution in [1.29, 1.82) is 0 Å². The average Bonchev–Trinajstić information content (AvgIpc) is 2.87. The van der Waals surface area contributed by atoms with Crippen LogP contribution >= 0.6 is 11.6 Å². The molecule has 0 aliphatic heterocycles. The van der Waals surface area contributed by atoms with Gasteiger partial charge in [-0.2, -0.15) is 0 Å². The van der Waals surface area contributed by atoms with Gasteiger partial charge in [-0.1, -0.05) is 41.9 Å². The number of nitrogens with one attached hydrogen (secondary N) is 1. The molecule has 1 aliphatic rings. The lowest BCUT2D eigenvalue weighted by atomic mass is 9.80. The van der Waals surface area contributed by atoms with Crippen LogP contribution in [0.25, 0.3) is 0 Å². The summed E-state index contributed by atoms with van der Waals surface area (Å²) in [5.74, 6) is -0.866. The van der Waals surface area contributed by atoms with Crippen LogP contribution in [0.4, 0.5) is 4.79 Å². The second kappa shape index (κ2) is 14.2. The second-order valence-electron chi connectivity index (χ2n) is 9.87. The molecule has 0 saturated heterocycles. The Hall–Kier alpha value is -3.26. The van der Waals surface area contributed by atoms with E-state index in [4.69, 9.17) is 21.1 Å². The molecule has 1 saturated carbocycles. The standard InChI is InChI=1S/C30H39ClN2O6/c1-5-38-25-18-24(27(31)28(39-6-2)26(25)20(4)34)19(3)33(15-11-10-14-21-12-8-7-9-13-21)30(37)32-23-16-22(17-23)29(35)36/h7-9,12-13,18-19,22-23H,5-6,10-11,14-17H2,1-4H3,(H,32,37)(H,35,36). The van der Waals surface area contributed by atoms with E-state index in [2.05, 4.69) is 17.4 Å². The van der Waals surface area contributed by atoms with Crippen LogP contribution in [0.5, 0.6) is 11.5 Å². The Labute approximate surface area is 235 Å². The van der Waals surface area contributed by atoms with E-state index in [0.29, 0.717) is 43.9 Å². The number of ether oxygens (including phenoxy) is 2. The molecular weight excluding hydrogens is 520 g/mol. The molecular formula is C30H39ClN2O6. The van der Waals surface area contributed by atoms with Gasteiger partial charge in [-0.25, -0.2) is 4.79 Å². The first-order chi connectivity index (χ1) is 18.7. The van der Waals surface area contributed by atoms with E-state index in [-0.39, 0.29) is 34.2 Å². The number of carbonyl (C=O) groups excluding carboxylic acids is 2. The largest absolute Gasteiger partial charge is 0.493 e. The Morgan fingerprint density at radius 3 is 2.36 bits per heavy atom. The van der Waals surface area contributed by atoms with Gasteiger partial charge in [0.2, 0.25) is 0 Å². The molecule has 2 aromatic rings. The van der Waals surface area contributed by atoms with Crippen molar-refractivity contribution >= 4 is 29.4 Å². The molecule has 0 aromatic heterocycles. The Bertz CT molecular complexity index is 1150. The van der Waals surface area contributed by atoms with Crippen molar-refractivity contribution < 1.29 is 29.0 Å². The number of carbonyl (C=O) groups is 3. The maximum Gasteiger partial charge on any atom is 0.318 e. The molecule has 2 N–H and O–H groups in total. The lowest BCUT2D eigenvalue weighted by Gasteiger charge is -2.37. The molecule has 0 bridgehead atoms. The fourth-order valence-electron chi connectivity index (χ4n) is 4.91. The molecule has 39 heavy (non-hydrogen) atoms. The molecule has 0 heterocycles. The van der Waals surface area contributed by atoms with Gasteiger partial charge < -0.3 is 24.8 Å². The number of aliphatic carboxylic acids is 1. The SMILES string of the molecule is CCOc1cc(C(C)N(CCCCc2ccccc2)C(=O)NC2CC(C(=O)O)C2)c(Cl)c(OCC)c1C(C)=O. The third-order valence-corrected chi connectivity index (χ3v) is 7.49. The second-order valence-corrected chi connectivity index (χ2v) is 10.2. The molecule has 1 fully saturated rings. The molecule has 3 rings (SSSR count). The van der Waals surface area contributed by atoms with Crippen LogP contribution in [0.1, 0.15) is 80.9 Å². The smallest absolute Gasteiger partial charge is 0.318 e. The van der Waals surface area contributed by atoms with Gasteiger partial charge in [0.25, 0.3) is 0 Å². The number of benzene rings is 2. The van der Waals surface area contributed by atoms with Crippen molar-refractivity contribution in [2.45, 2.75) is 71.9 Å². The van der Waals surface area contributed by atoms with E-state index < -0.39 is 17.9 Å². The van der Waals surface area contributed by atoms with Crippen LogP contribution in [0, 0.1) is 5.92 Å². The van der Waals surface area contributed by atoms with Crippen LogP contribution in [-0.4, -0.2) is 53.6 Å². The summed E-state index contributed by atoms with van der Waals surface area (Å²) in [5, 5.41) is 12.5. The first kappa shape index (κ1) is 30.3. The van der Waals surface area contributed by atoms with Gasteiger partial charge in [-0.05, 0) is 71.4 Å². The van der Waals surface area contributed by atoms with E-state index in [0.717, 1.165) is 19.3 Å². The first-order valence-corrected chi connectivity index (χ1v) is 14.0. The third-order valence-electron chi connectivity index (χ3n) is 7.10. The summed E-state index contributed by atoms with van der Waals surface area (Å²) in [6, 6.07) is 11.0. The molecule has 0 radical (unpaired) electrons. The van der Waals surface area contributed by atoms with Crippen LogP contribution in [0.15, 0.2) is 36.4 Å². The van der Waals surface area contributed by atoms with E-state index >= 15 is 0 Å². The van der Waals surface area contributed by atoms with Crippen LogP contribution < -0.4 is 14.8 Å². The van der Waals surface area contributed by atoms with Gasteiger partial charge in [0.05, 0.1) is 30.2 Å². The quantitative estimate of drug-likeness (QED) is 0.208. The lowest BCUT2D eigenvalue weighted by molar-refractivity contribution is -0.145. The summed E-state index contributed by atoms with van der Waals surface area (Å²) in [7, 11) is 0. The highest BCUT2D eigenvalue weighted by Crippen LogP contribution is 2.43. The Kier molecular flexibility index (Phi) is 11.0. The van der Waals surface area contributed by atoms with Gasteiger partial charge in [-0.15, -0.1) is 0 Å². The number of ketones is 1. The number of carboxylic acids is 1. The summed E-state index contributed by atoms with van der Waals surface area (Å²) < 4.78 is 11.6. The number of amides is 2. The van der Waals surface area contributed by atoms with Crippen LogP contribution in [-0.2, 0) is 11.2 Å². The van der Waals surface area contributed by atoms with Crippen molar-refractivity contribution in [2.24, 2.45) is 5.92 Å². The number of aryl methyl sites for hydroxylation is 1. The molecule has 8 nitrogen and oxygen atoms in total. The van der Waals surface area contributed by atoms with Crippen molar-refractivity contribution in [3.05, 3.63) is 58.1 Å². The molecule has 0 spiro atoms. The highest BCUT2D eigenvalue weighted by Gasteiger charge is 2.37. The normalized spacial score (nSPS) is 17.1. The van der Waals surface area contributed by atoms with E-state index in [1.165, 1.54) is 12.5 Å². The highest BCUT2D eigenvalue weighted by molar-refractivity contribution is 6.33. The number of urea groups is 1. The lowest BCUT2D eigenvalue weighted by Crippen LogP contribution is -2.52. The highest BCUT2D eigenvalue weighted by atomic mass is 35.5. The van der Waals surface area contributed by atoms with Gasteiger partial charge in [0.1, 0.15) is 11.3 Å². The van der Waals surface area contributed by atoms with Crippen molar-refractivity contribution in [3.8, 4) is 11.5 Å². The van der Waals surface area contributed by atoms with Gasteiger partial charge in [-0.3, -0.25) is 9.59 Å². The Morgan fingerprint density at radius 1 is 1.10 bits per heavy atom. The molecule has 1 aliphatic carbocycles. The zero-order chi connectivity index (χ0) is 28.5. The summed E-state index contributed by atoms with van der Waals surface area (Å²) in [5.41, 5.74) is 2.14. The summed E-state index contributed by atoms with van der Waals surface area (Å²) >= 11 is 6.84. The fraction of sp³-hybridized carbons (Fsp3) is 0.500. The fourth-order valence-corrected chi connectivity index (χ4v) is 5.27. The topological polar surface area (TPSA) is 105 Å². The van der Waals surface area contributed by atoms with E-state index in [9.17, 15) is 19.5 Å². The predicted molar refractivity (Wildman–Crippen MR) is 151 cm³/mol. The Morgan fingerprint density at radius 2 is 1.77 bits per heavy atom. The number of hydrogen-bond donors (Lipinski definition) is 2. The zero-order valence-corrected chi connectivity index (χ0v) is 23.9. The molecule has 2 aromatic carbocycles. The minimum absolute atomic E-state index is 0.189. The minimum Gasteiger partial charge on any atom is -0.493 e. The maximum atomic E-state index is 13.5. The average molecular weight is 559 g/mol. The van der Waals surface area contributed by atoms with Crippen molar-refractivity contribution in [3.63, 3.8) is 0 Å². The number of Topliss-reactive ketones (excluding diaryl/α,β-unsaturated/α-hetero) is 1. The molecule has 1 unspecified atom stereocenters. The predicted octanol–water partition coefficient (Wildman–Crippen LogP) is 6.30. The van der Waals surface area contributed by atoms with Gasteiger partial charge in [0, 0.05) is 18.2 Å². The van der Waals surface area contributed by atoms with Crippen molar-refractivity contribution in [2.75, 3.05) is 19.8 Å². The molecule has 9 heteroatoms. The summed E-state index contributed by atoms with van der Waals surface area (Å²) in [6.45, 7) is 8.08. The van der Waals surface area contributed by atoms with E-state index in [1.807, 2.05) is 39.0 Å². The number of rotatable bonds is 14. The van der Waals surface area contributed by atoms with Gasteiger partial charge in [0.15, 0.2) is 11.5 Å². The van der Waals surface area contributed by atoms with Crippen LogP contribution in [0.3, 0.4) is 0 Å². The van der Waals surface area contributed by atoms with Gasteiger partial charge >= 0.3 is 12.0 Å². The first-order valence-electron chi connectivity index (χ1n) is 13.6. The number of nitrogens with zero attached hydrogens (tertiary/aromatic N) is 1.